The van der Waals surface area contributed by atoms with Gasteiger partial charge in [-0.25, -0.2) is 4.98 Å². The van der Waals surface area contributed by atoms with Crippen molar-refractivity contribution >= 4 is 5.69 Å². The van der Waals surface area contributed by atoms with Gasteiger partial charge in [-0.3, -0.25) is 9.55 Å². The second-order valence-corrected chi connectivity index (χ2v) is 3.84. The smallest absolute Gasteiger partial charge is 0.0998 e. The Morgan fingerprint density at radius 2 is 2.33 bits per heavy atom. The van der Waals surface area contributed by atoms with Gasteiger partial charge in [-0.2, -0.15) is 0 Å². The molecule has 0 fully saturated rings. The highest BCUT2D eigenvalue weighted by Gasteiger charge is 2.22. The molecule has 1 aliphatic heterocycles. The van der Waals surface area contributed by atoms with Crippen LogP contribution in [-0.4, -0.2) is 14.5 Å². The summed E-state index contributed by atoms with van der Waals surface area (Å²) < 4.78 is 2.13. The Hall–Kier alpha value is -1.84. The van der Waals surface area contributed by atoms with E-state index in [2.05, 4.69) is 26.8 Å². The molecule has 15 heavy (non-hydrogen) atoms. The van der Waals surface area contributed by atoms with E-state index in [-0.39, 0.29) is 6.04 Å². The fraction of sp³-hybridized carbons (Fsp3) is 0.273. The van der Waals surface area contributed by atoms with E-state index in [9.17, 15) is 0 Å². The molecule has 3 rings (SSSR count). The lowest BCUT2D eigenvalue weighted by atomic mass is 10.1. The Kier molecular flexibility index (Phi) is 1.59. The van der Waals surface area contributed by atoms with Gasteiger partial charge in [0, 0.05) is 6.20 Å². The van der Waals surface area contributed by atoms with Gasteiger partial charge in [0.2, 0.25) is 0 Å². The maximum absolute atomic E-state index is 4.35. The zero-order chi connectivity index (χ0) is 10.4. The van der Waals surface area contributed by atoms with Crippen LogP contribution in [0.1, 0.15) is 24.4 Å². The predicted molar refractivity (Wildman–Crippen MR) is 58.1 cm³/mol. The monoisotopic (exact) mass is 200 g/mol. The summed E-state index contributed by atoms with van der Waals surface area (Å²) in [6, 6.07) is 2.28. The number of hydrogen-bond acceptors (Lipinski definition) is 3. The summed E-state index contributed by atoms with van der Waals surface area (Å²) in [5.74, 6) is 0. The number of fused-ring (bicyclic) bond motifs is 3. The van der Waals surface area contributed by atoms with E-state index in [1.165, 1.54) is 5.69 Å². The quantitative estimate of drug-likeness (QED) is 0.707. The Balaban J connectivity index is 2.30. The molecule has 0 amide bonds. The van der Waals surface area contributed by atoms with Gasteiger partial charge in [-0.1, -0.05) is 0 Å². The number of anilines is 1. The van der Waals surface area contributed by atoms with E-state index in [1.807, 2.05) is 25.5 Å². The molecule has 0 spiro atoms. The molecule has 0 saturated heterocycles. The van der Waals surface area contributed by atoms with Gasteiger partial charge in [0.15, 0.2) is 0 Å². The first-order valence-electron chi connectivity index (χ1n) is 5.02. The van der Waals surface area contributed by atoms with Crippen LogP contribution in [0.3, 0.4) is 0 Å². The standard InChI is InChI=1S/C11H12N4/c1-7-11-8(2)14-9-5-12-4-3-10(9)15(11)6-13-7/h3-6,8,14H,1-2H3. The van der Waals surface area contributed by atoms with Crippen LogP contribution in [0.15, 0.2) is 24.8 Å². The molecule has 3 heterocycles. The second kappa shape index (κ2) is 2.82. The number of aromatic nitrogens is 3. The van der Waals surface area contributed by atoms with Crippen LogP contribution in [0, 0.1) is 6.92 Å². The first-order valence-corrected chi connectivity index (χ1v) is 5.02. The molecule has 0 saturated carbocycles. The van der Waals surface area contributed by atoms with Gasteiger partial charge in [0.1, 0.15) is 0 Å². The highest BCUT2D eigenvalue weighted by atomic mass is 15.2. The summed E-state index contributed by atoms with van der Waals surface area (Å²) in [5.41, 5.74) is 4.50. The van der Waals surface area contributed by atoms with Crippen molar-refractivity contribution in [1.82, 2.24) is 14.5 Å². The summed E-state index contributed by atoms with van der Waals surface area (Å²) in [4.78, 5) is 8.47. The van der Waals surface area contributed by atoms with Crippen molar-refractivity contribution in [3.8, 4) is 5.69 Å². The molecule has 1 N–H and O–H groups in total. The Morgan fingerprint density at radius 1 is 1.47 bits per heavy atom. The molecule has 4 heteroatoms. The SMILES string of the molecule is Cc1ncn2c1C(C)Nc1cnccc1-2. The van der Waals surface area contributed by atoms with Crippen LogP contribution in [0.25, 0.3) is 5.69 Å². The lowest BCUT2D eigenvalue weighted by Gasteiger charge is -2.26. The van der Waals surface area contributed by atoms with Crippen LogP contribution >= 0.6 is 0 Å². The molecule has 2 aromatic heterocycles. The van der Waals surface area contributed by atoms with Crippen molar-refractivity contribution < 1.29 is 0 Å². The molecule has 1 unspecified atom stereocenters. The number of hydrogen-bond donors (Lipinski definition) is 1. The number of aryl methyl sites for hydroxylation is 1. The van der Waals surface area contributed by atoms with Gasteiger partial charge >= 0.3 is 0 Å². The van der Waals surface area contributed by atoms with E-state index in [0.717, 1.165) is 17.1 Å². The van der Waals surface area contributed by atoms with E-state index < -0.39 is 0 Å². The molecule has 1 aliphatic rings. The fourth-order valence-electron chi connectivity index (χ4n) is 2.17. The third kappa shape index (κ3) is 1.08. The number of nitrogens with zero attached hydrogens (tertiary/aromatic N) is 3. The normalized spacial score (nSPS) is 17.9. The van der Waals surface area contributed by atoms with E-state index in [4.69, 9.17) is 0 Å². The molecule has 1 atom stereocenters. The minimum atomic E-state index is 0.282. The van der Waals surface area contributed by atoms with Gasteiger partial charge < -0.3 is 5.32 Å². The summed E-state index contributed by atoms with van der Waals surface area (Å²) in [7, 11) is 0. The molecule has 0 radical (unpaired) electrons. The summed E-state index contributed by atoms with van der Waals surface area (Å²) in [6.45, 7) is 4.17. The maximum atomic E-state index is 4.35. The molecular formula is C11H12N4. The van der Waals surface area contributed by atoms with Crippen LogP contribution in [-0.2, 0) is 0 Å². The van der Waals surface area contributed by atoms with E-state index in [1.54, 1.807) is 6.20 Å². The van der Waals surface area contributed by atoms with Gasteiger partial charge in [0.25, 0.3) is 0 Å². The lowest BCUT2D eigenvalue weighted by Crippen LogP contribution is -2.19. The largest absolute Gasteiger partial charge is 0.374 e. The Morgan fingerprint density at radius 3 is 3.20 bits per heavy atom. The van der Waals surface area contributed by atoms with Crippen molar-refractivity contribution in [2.45, 2.75) is 19.9 Å². The molecular weight excluding hydrogens is 188 g/mol. The lowest BCUT2D eigenvalue weighted by molar-refractivity contribution is 0.764. The zero-order valence-electron chi connectivity index (χ0n) is 8.73. The average molecular weight is 200 g/mol. The predicted octanol–water partition coefficient (Wildman–Crippen LogP) is 2.06. The van der Waals surface area contributed by atoms with Crippen LogP contribution in [0.4, 0.5) is 5.69 Å². The Bertz CT molecular complexity index is 515. The zero-order valence-corrected chi connectivity index (χ0v) is 8.73. The summed E-state index contributed by atoms with van der Waals surface area (Å²) in [5, 5.41) is 3.42. The number of imidazole rings is 1. The highest BCUT2D eigenvalue weighted by Crippen LogP contribution is 2.33. The first kappa shape index (κ1) is 8.47. The number of rotatable bonds is 0. The van der Waals surface area contributed by atoms with E-state index in [0.29, 0.717) is 0 Å². The molecule has 76 valence electrons. The van der Waals surface area contributed by atoms with Crippen LogP contribution in [0.5, 0.6) is 0 Å². The second-order valence-electron chi connectivity index (χ2n) is 3.84. The topological polar surface area (TPSA) is 42.7 Å². The third-order valence-electron chi connectivity index (χ3n) is 2.84. The van der Waals surface area contributed by atoms with Crippen molar-refractivity contribution in [3.63, 3.8) is 0 Å². The van der Waals surface area contributed by atoms with Gasteiger partial charge in [-0.05, 0) is 19.9 Å². The summed E-state index contributed by atoms with van der Waals surface area (Å²) >= 11 is 0. The van der Waals surface area contributed by atoms with Crippen molar-refractivity contribution in [3.05, 3.63) is 36.2 Å². The maximum Gasteiger partial charge on any atom is 0.0998 e. The van der Waals surface area contributed by atoms with Gasteiger partial charge in [0.05, 0.1) is 41.3 Å². The minimum Gasteiger partial charge on any atom is -0.374 e. The molecule has 2 aromatic rings. The van der Waals surface area contributed by atoms with Crippen LogP contribution in [0.2, 0.25) is 0 Å². The minimum absolute atomic E-state index is 0.282. The fourth-order valence-corrected chi connectivity index (χ4v) is 2.17. The van der Waals surface area contributed by atoms with Crippen LogP contribution < -0.4 is 5.32 Å². The van der Waals surface area contributed by atoms with Crippen molar-refractivity contribution in [1.29, 1.82) is 0 Å². The molecule has 0 bridgehead atoms. The summed E-state index contributed by atoms with van der Waals surface area (Å²) in [6.07, 6.45) is 5.53. The van der Waals surface area contributed by atoms with Crippen molar-refractivity contribution in [2.24, 2.45) is 0 Å². The number of nitrogens with one attached hydrogen (secondary N) is 1. The average Bonchev–Trinajstić information content (AvgIpc) is 2.62. The Labute approximate surface area is 88.0 Å². The van der Waals surface area contributed by atoms with Gasteiger partial charge in [-0.15, -0.1) is 0 Å². The highest BCUT2D eigenvalue weighted by molar-refractivity contribution is 5.63. The van der Waals surface area contributed by atoms with Crippen molar-refractivity contribution in [2.75, 3.05) is 5.32 Å². The number of pyridine rings is 1. The molecule has 0 aliphatic carbocycles. The first-order chi connectivity index (χ1) is 7.27. The molecule has 4 nitrogen and oxygen atoms in total. The van der Waals surface area contributed by atoms with E-state index >= 15 is 0 Å². The third-order valence-corrected chi connectivity index (χ3v) is 2.84. The molecule has 0 aromatic carbocycles.